The van der Waals surface area contributed by atoms with Crippen molar-refractivity contribution in [2.75, 3.05) is 33.4 Å². The molecule has 0 spiro atoms. The van der Waals surface area contributed by atoms with Crippen LogP contribution >= 0.6 is 0 Å². The van der Waals surface area contributed by atoms with Crippen LogP contribution in [0.5, 0.6) is 0 Å². The highest BCUT2D eigenvalue weighted by atomic mass is 16.5. The molecule has 0 aromatic carbocycles. The Hall–Kier alpha value is -1.56. The molecule has 6 heteroatoms. The Balaban J connectivity index is 1.81. The second kappa shape index (κ2) is 8.17. The summed E-state index contributed by atoms with van der Waals surface area (Å²) in [5, 5.41) is 3.29. The summed E-state index contributed by atoms with van der Waals surface area (Å²) in [4.78, 5) is 11.0. The van der Waals surface area contributed by atoms with Crippen LogP contribution in [0.4, 0.5) is 0 Å². The molecule has 1 heterocycles. The van der Waals surface area contributed by atoms with Crippen LogP contribution in [0.1, 0.15) is 37.1 Å². The predicted octanol–water partition coefficient (Wildman–Crippen LogP) is 2.12. The van der Waals surface area contributed by atoms with Crippen molar-refractivity contribution in [3.63, 3.8) is 0 Å². The van der Waals surface area contributed by atoms with Crippen molar-refractivity contribution in [3.05, 3.63) is 17.3 Å². The van der Waals surface area contributed by atoms with Crippen molar-refractivity contribution in [2.24, 2.45) is 10.9 Å². The molecule has 6 nitrogen and oxygen atoms in total. The predicted molar refractivity (Wildman–Crippen MR) is 87.0 cm³/mol. The Morgan fingerprint density at radius 2 is 2.23 bits per heavy atom. The van der Waals surface area contributed by atoms with Gasteiger partial charge >= 0.3 is 0 Å². The van der Waals surface area contributed by atoms with E-state index in [2.05, 4.69) is 27.1 Å². The zero-order valence-corrected chi connectivity index (χ0v) is 14.2. The minimum atomic E-state index is 0.449. The quantitative estimate of drug-likeness (QED) is 0.453. The van der Waals surface area contributed by atoms with Crippen molar-refractivity contribution < 1.29 is 9.15 Å². The highest BCUT2D eigenvalue weighted by molar-refractivity contribution is 5.79. The van der Waals surface area contributed by atoms with Gasteiger partial charge in [-0.15, -0.1) is 0 Å². The second-order valence-corrected chi connectivity index (χ2v) is 5.86. The molecule has 0 saturated heterocycles. The zero-order chi connectivity index (χ0) is 15.9. The molecule has 1 aromatic rings. The minimum Gasteiger partial charge on any atom is -0.444 e. The van der Waals surface area contributed by atoms with E-state index in [1.165, 1.54) is 12.8 Å². The van der Waals surface area contributed by atoms with Gasteiger partial charge in [0.05, 0.1) is 12.3 Å². The van der Waals surface area contributed by atoms with Gasteiger partial charge in [0.2, 0.25) is 5.89 Å². The molecule has 0 bridgehead atoms. The van der Waals surface area contributed by atoms with Gasteiger partial charge in [-0.2, -0.15) is 0 Å². The molecule has 1 aromatic heterocycles. The molecule has 0 aliphatic heterocycles. The van der Waals surface area contributed by atoms with E-state index in [9.17, 15) is 0 Å². The summed E-state index contributed by atoms with van der Waals surface area (Å²) in [7, 11) is 2.02. The highest BCUT2D eigenvalue weighted by Gasteiger charge is 2.21. The largest absolute Gasteiger partial charge is 0.444 e. The van der Waals surface area contributed by atoms with Crippen LogP contribution in [0, 0.1) is 19.8 Å². The molecule has 1 aliphatic carbocycles. The first-order valence-corrected chi connectivity index (χ1v) is 8.10. The maximum absolute atomic E-state index is 5.68. The third-order valence-electron chi connectivity index (χ3n) is 3.75. The van der Waals surface area contributed by atoms with E-state index in [-0.39, 0.29) is 0 Å². The van der Waals surface area contributed by atoms with Crippen molar-refractivity contribution in [1.82, 2.24) is 15.2 Å². The zero-order valence-electron chi connectivity index (χ0n) is 14.2. The Labute approximate surface area is 133 Å². The number of aromatic nitrogens is 1. The van der Waals surface area contributed by atoms with Gasteiger partial charge in [0, 0.05) is 26.7 Å². The van der Waals surface area contributed by atoms with E-state index >= 15 is 0 Å². The summed E-state index contributed by atoms with van der Waals surface area (Å²) >= 11 is 0. The summed E-state index contributed by atoms with van der Waals surface area (Å²) in [5.74, 6) is 3.18. The number of rotatable bonds is 8. The van der Waals surface area contributed by atoms with E-state index < -0.39 is 0 Å². The number of ether oxygens (including phenoxy) is 1. The van der Waals surface area contributed by atoms with Gasteiger partial charge in [0.1, 0.15) is 12.3 Å². The first-order valence-electron chi connectivity index (χ1n) is 8.10. The van der Waals surface area contributed by atoms with Crippen molar-refractivity contribution in [3.8, 4) is 0 Å². The lowest BCUT2D eigenvalue weighted by atomic mass is 10.4. The van der Waals surface area contributed by atoms with Crippen LogP contribution in [0.25, 0.3) is 0 Å². The number of aliphatic imine (C=N–C) groups is 1. The normalized spacial score (nSPS) is 15.2. The number of guanidine groups is 1. The van der Waals surface area contributed by atoms with Gasteiger partial charge in [0.15, 0.2) is 5.96 Å². The summed E-state index contributed by atoms with van der Waals surface area (Å²) in [6.07, 6.45) is 2.66. The molecular weight excluding hydrogens is 280 g/mol. The van der Waals surface area contributed by atoms with Crippen LogP contribution in [-0.4, -0.2) is 49.2 Å². The summed E-state index contributed by atoms with van der Waals surface area (Å²) in [6.45, 7) is 9.66. The summed E-state index contributed by atoms with van der Waals surface area (Å²) < 4.78 is 11.2. The van der Waals surface area contributed by atoms with Crippen LogP contribution in [0.2, 0.25) is 0 Å². The van der Waals surface area contributed by atoms with E-state index in [0.717, 1.165) is 49.6 Å². The molecule has 0 amide bonds. The molecule has 0 radical (unpaired) electrons. The molecule has 124 valence electrons. The van der Waals surface area contributed by atoms with Crippen LogP contribution in [0.3, 0.4) is 0 Å². The lowest BCUT2D eigenvalue weighted by Crippen LogP contribution is -2.40. The van der Waals surface area contributed by atoms with Crippen LogP contribution in [-0.2, 0) is 11.3 Å². The first-order chi connectivity index (χ1) is 10.6. The van der Waals surface area contributed by atoms with E-state index in [4.69, 9.17) is 9.15 Å². The van der Waals surface area contributed by atoms with Crippen LogP contribution < -0.4 is 5.32 Å². The number of likely N-dealkylation sites (N-methyl/N-ethyl adjacent to an activating group) is 1. The lowest BCUT2D eigenvalue weighted by molar-refractivity contribution is 0.115. The van der Waals surface area contributed by atoms with Gasteiger partial charge in [-0.25, -0.2) is 9.98 Å². The first kappa shape index (κ1) is 16.8. The average molecular weight is 308 g/mol. The van der Waals surface area contributed by atoms with E-state index in [0.29, 0.717) is 12.4 Å². The average Bonchev–Trinajstić information content (AvgIpc) is 3.25. The molecule has 2 rings (SSSR count). The number of hydrogen-bond donors (Lipinski definition) is 1. The minimum absolute atomic E-state index is 0.449. The van der Waals surface area contributed by atoms with Crippen molar-refractivity contribution in [2.45, 2.75) is 40.2 Å². The molecule has 1 aliphatic rings. The van der Waals surface area contributed by atoms with Crippen molar-refractivity contribution >= 4 is 5.96 Å². The molecular formula is C16H28N4O2. The standard InChI is InChI=1S/C16H28N4O2/c1-5-17-16(18-10-15-19-12(2)13(3)22-15)20(4)8-9-21-11-14-6-7-14/h14H,5-11H2,1-4H3,(H,17,18). The molecule has 1 fully saturated rings. The monoisotopic (exact) mass is 308 g/mol. The molecule has 1 saturated carbocycles. The second-order valence-electron chi connectivity index (χ2n) is 5.86. The number of oxazole rings is 1. The number of hydrogen-bond acceptors (Lipinski definition) is 4. The number of aryl methyl sites for hydroxylation is 2. The third kappa shape index (κ3) is 5.33. The van der Waals surface area contributed by atoms with Gasteiger partial charge in [-0.05, 0) is 39.5 Å². The van der Waals surface area contributed by atoms with E-state index in [1.54, 1.807) is 0 Å². The fourth-order valence-electron chi connectivity index (χ4n) is 2.06. The fourth-order valence-corrected chi connectivity index (χ4v) is 2.06. The maximum Gasteiger partial charge on any atom is 0.216 e. The fraction of sp³-hybridized carbons (Fsp3) is 0.750. The van der Waals surface area contributed by atoms with Gasteiger partial charge in [0.25, 0.3) is 0 Å². The molecule has 1 N–H and O–H groups in total. The number of nitrogens with one attached hydrogen (secondary N) is 1. The highest BCUT2D eigenvalue weighted by Crippen LogP contribution is 2.28. The Bertz CT molecular complexity index is 475. The molecule has 0 atom stereocenters. The van der Waals surface area contributed by atoms with E-state index in [1.807, 2.05) is 20.9 Å². The summed E-state index contributed by atoms with van der Waals surface area (Å²) in [6, 6.07) is 0. The van der Waals surface area contributed by atoms with Crippen molar-refractivity contribution in [1.29, 1.82) is 0 Å². The third-order valence-corrected chi connectivity index (χ3v) is 3.75. The lowest BCUT2D eigenvalue weighted by Gasteiger charge is -2.21. The SMILES string of the molecule is CCNC(=NCc1nc(C)c(C)o1)N(C)CCOCC1CC1. The summed E-state index contributed by atoms with van der Waals surface area (Å²) in [5.41, 5.74) is 0.928. The van der Waals surface area contributed by atoms with Gasteiger partial charge in [-0.1, -0.05) is 0 Å². The maximum atomic E-state index is 5.68. The van der Waals surface area contributed by atoms with Gasteiger partial charge in [-0.3, -0.25) is 0 Å². The Morgan fingerprint density at radius 1 is 1.45 bits per heavy atom. The molecule has 0 unspecified atom stereocenters. The van der Waals surface area contributed by atoms with Gasteiger partial charge < -0.3 is 19.4 Å². The Morgan fingerprint density at radius 3 is 2.82 bits per heavy atom. The Kier molecular flexibility index (Phi) is 6.24. The number of nitrogens with zero attached hydrogens (tertiary/aromatic N) is 3. The smallest absolute Gasteiger partial charge is 0.216 e. The van der Waals surface area contributed by atoms with Crippen LogP contribution in [0.15, 0.2) is 9.41 Å². The molecule has 22 heavy (non-hydrogen) atoms. The topological polar surface area (TPSA) is 62.9 Å².